The van der Waals surface area contributed by atoms with E-state index < -0.39 is 0 Å². The van der Waals surface area contributed by atoms with Crippen LogP contribution in [0.2, 0.25) is 0 Å². The number of hydrogen-bond donors (Lipinski definition) is 1. The van der Waals surface area contributed by atoms with Crippen molar-refractivity contribution in [2.24, 2.45) is 0 Å². The summed E-state index contributed by atoms with van der Waals surface area (Å²) >= 11 is 0. The van der Waals surface area contributed by atoms with Crippen LogP contribution in [0.1, 0.15) is 27.7 Å². The van der Waals surface area contributed by atoms with Gasteiger partial charge in [-0.1, -0.05) is 0 Å². The highest BCUT2D eigenvalue weighted by Gasteiger charge is 2.30. The molecular weight excluding hydrogens is 192 g/mol. The number of nitrogens with zero attached hydrogens (tertiary/aromatic N) is 1. The molecule has 3 atom stereocenters. The zero-order valence-corrected chi connectivity index (χ0v) is 10.1. The van der Waals surface area contributed by atoms with E-state index in [1.54, 1.807) is 0 Å². The maximum absolute atomic E-state index is 11.6. The van der Waals surface area contributed by atoms with Gasteiger partial charge in [-0.3, -0.25) is 9.69 Å². The Morgan fingerprint density at radius 2 is 2.27 bits per heavy atom. The van der Waals surface area contributed by atoms with Crippen molar-refractivity contribution in [1.82, 2.24) is 10.2 Å². The van der Waals surface area contributed by atoms with E-state index in [1.165, 1.54) is 0 Å². The molecule has 0 aliphatic carbocycles. The van der Waals surface area contributed by atoms with Crippen LogP contribution in [0.4, 0.5) is 0 Å². The van der Waals surface area contributed by atoms with Gasteiger partial charge in [-0.15, -0.1) is 0 Å². The lowest BCUT2D eigenvalue weighted by Crippen LogP contribution is -2.58. The van der Waals surface area contributed by atoms with Crippen molar-refractivity contribution >= 4 is 5.97 Å². The molecule has 4 heteroatoms. The quantitative estimate of drug-likeness (QED) is 0.699. The largest absolute Gasteiger partial charge is 0.465 e. The Labute approximate surface area is 92.0 Å². The molecule has 0 aromatic carbocycles. The van der Waals surface area contributed by atoms with Crippen molar-refractivity contribution in [2.45, 2.75) is 45.8 Å². The molecule has 1 aliphatic rings. The fourth-order valence-corrected chi connectivity index (χ4v) is 1.99. The molecule has 15 heavy (non-hydrogen) atoms. The average Bonchev–Trinajstić information content (AvgIpc) is 2.21. The number of esters is 1. The second-order valence-electron chi connectivity index (χ2n) is 4.28. The van der Waals surface area contributed by atoms with Gasteiger partial charge >= 0.3 is 5.97 Å². The van der Waals surface area contributed by atoms with Crippen LogP contribution in [0.3, 0.4) is 0 Å². The summed E-state index contributed by atoms with van der Waals surface area (Å²) in [7, 11) is 0. The third kappa shape index (κ3) is 3.18. The molecule has 1 heterocycles. The van der Waals surface area contributed by atoms with Crippen molar-refractivity contribution in [3.05, 3.63) is 0 Å². The van der Waals surface area contributed by atoms with Gasteiger partial charge in [0, 0.05) is 25.2 Å². The average molecular weight is 214 g/mol. The van der Waals surface area contributed by atoms with Crippen LogP contribution in [-0.4, -0.2) is 48.7 Å². The minimum Gasteiger partial charge on any atom is -0.465 e. The highest BCUT2D eigenvalue weighted by molar-refractivity contribution is 5.75. The number of rotatable bonds is 3. The van der Waals surface area contributed by atoms with Gasteiger partial charge in [0.25, 0.3) is 0 Å². The van der Waals surface area contributed by atoms with Gasteiger partial charge in [0.15, 0.2) is 0 Å². The van der Waals surface area contributed by atoms with E-state index in [0.717, 1.165) is 13.1 Å². The zero-order chi connectivity index (χ0) is 11.4. The Hall–Kier alpha value is -0.610. The molecule has 0 spiro atoms. The van der Waals surface area contributed by atoms with Gasteiger partial charge in [-0.25, -0.2) is 0 Å². The number of carbonyl (C=O) groups excluding carboxylic acids is 1. The van der Waals surface area contributed by atoms with Crippen LogP contribution >= 0.6 is 0 Å². The molecule has 3 unspecified atom stereocenters. The minimum absolute atomic E-state index is 0.113. The van der Waals surface area contributed by atoms with E-state index in [0.29, 0.717) is 18.7 Å². The fraction of sp³-hybridized carbons (Fsp3) is 0.909. The Kier molecular flexibility index (Phi) is 4.54. The third-order valence-corrected chi connectivity index (χ3v) is 2.94. The molecule has 0 aromatic heterocycles. The smallest absolute Gasteiger partial charge is 0.323 e. The fourth-order valence-electron chi connectivity index (χ4n) is 1.99. The number of piperazine rings is 1. The number of nitrogens with one attached hydrogen (secondary N) is 1. The molecule has 4 nitrogen and oxygen atoms in total. The second-order valence-corrected chi connectivity index (χ2v) is 4.28. The van der Waals surface area contributed by atoms with Crippen LogP contribution in [-0.2, 0) is 9.53 Å². The number of carbonyl (C=O) groups is 1. The SMILES string of the molecule is CCOC(=O)C(C)N1CC(C)NCC1C. The van der Waals surface area contributed by atoms with Crippen LogP contribution in [0.25, 0.3) is 0 Å². The molecule has 0 saturated carbocycles. The maximum atomic E-state index is 11.6. The monoisotopic (exact) mass is 214 g/mol. The molecule has 1 rings (SSSR count). The molecular formula is C11H22N2O2. The first kappa shape index (κ1) is 12.5. The molecule has 0 aromatic rings. The summed E-state index contributed by atoms with van der Waals surface area (Å²) in [6.07, 6.45) is 0. The van der Waals surface area contributed by atoms with E-state index in [2.05, 4.69) is 24.1 Å². The normalized spacial score (nSPS) is 29.9. The summed E-state index contributed by atoms with van der Waals surface area (Å²) in [6, 6.07) is 0.697. The van der Waals surface area contributed by atoms with Crippen molar-refractivity contribution < 1.29 is 9.53 Å². The van der Waals surface area contributed by atoms with Gasteiger partial charge in [-0.05, 0) is 27.7 Å². The molecule has 88 valence electrons. The van der Waals surface area contributed by atoms with E-state index in [-0.39, 0.29) is 12.0 Å². The number of hydrogen-bond acceptors (Lipinski definition) is 4. The van der Waals surface area contributed by atoms with E-state index in [1.807, 2.05) is 13.8 Å². The Morgan fingerprint density at radius 3 is 2.87 bits per heavy atom. The lowest BCUT2D eigenvalue weighted by atomic mass is 10.1. The molecule has 1 aliphatic heterocycles. The summed E-state index contributed by atoms with van der Waals surface area (Å²) in [5.41, 5.74) is 0. The Bertz CT molecular complexity index is 221. The van der Waals surface area contributed by atoms with E-state index in [4.69, 9.17) is 4.74 Å². The van der Waals surface area contributed by atoms with E-state index in [9.17, 15) is 4.79 Å². The molecule has 0 bridgehead atoms. The van der Waals surface area contributed by atoms with Gasteiger partial charge in [0.05, 0.1) is 6.61 Å². The summed E-state index contributed by atoms with van der Waals surface area (Å²) in [5, 5.41) is 3.39. The first-order chi connectivity index (χ1) is 7.06. The Morgan fingerprint density at radius 1 is 1.60 bits per heavy atom. The van der Waals surface area contributed by atoms with Crippen molar-refractivity contribution in [2.75, 3.05) is 19.7 Å². The Balaban J connectivity index is 2.56. The summed E-state index contributed by atoms with van der Waals surface area (Å²) < 4.78 is 5.04. The first-order valence-corrected chi connectivity index (χ1v) is 5.72. The standard InChI is InChI=1S/C11H22N2O2/c1-5-15-11(14)10(4)13-7-8(2)12-6-9(13)3/h8-10,12H,5-7H2,1-4H3. The first-order valence-electron chi connectivity index (χ1n) is 5.72. The highest BCUT2D eigenvalue weighted by atomic mass is 16.5. The summed E-state index contributed by atoms with van der Waals surface area (Å²) in [6.45, 7) is 10.3. The van der Waals surface area contributed by atoms with Gasteiger partial charge < -0.3 is 10.1 Å². The molecule has 0 radical (unpaired) electrons. The van der Waals surface area contributed by atoms with E-state index >= 15 is 0 Å². The van der Waals surface area contributed by atoms with Crippen LogP contribution in [0, 0.1) is 0 Å². The lowest BCUT2D eigenvalue weighted by molar-refractivity contribution is -0.150. The van der Waals surface area contributed by atoms with Crippen LogP contribution in [0.15, 0.2) is 0 Å². The second kappa shape index (κ2) is 5.47. The van der Waals surface area contributed by atoms with Gasteiger partial charge in [-0.2, -0.15) is 0 Å². The van der Waals surface area contributed by atoms with Crippen molar-refractivity contribution in [3.8, 4) is 0 Å². The van der Waals surface area contributed by atoms with Crippen molar-refractivity contribution in [3.63, 3.8) is 0 Å². The predicted octanol–water partition coefficient (Wildman–Crippen LogP) is 0.620. The zero-order valence-electron chi connectivity index (χ0n) is 10.1. The lowest BCUT2D eigenvalue weighted by Gasteiger charge is -2.40. The maximum Gasteiger partial charge on any atom is 0.323 e. The van der Waals surface area contributed by atoms with Gasteiger partial charge in [0.1, 0.15) is 6.04 Å². The topological polar surface area (TPSA) is 41.6 Å². The van der Waals surface area contributed by atoms with Crippen LogP contribution < -0.4 is 5.32 Å². The van der Waals surface area contributed by atoms with Crippen LogP contribution in [0.5, 0.6) is 0 Å². The molecule has 1 saturated heterocycles. The minimum atomic E-state index is -0.135. The number of ether oxygens (including phenoxy) is 1. The molecule has 1 fully saturated rings. The summed E-state index contributed by atoms with van der Waals surface area (Å²) in [5.74, 6) is -0.113. The van der Waals surface area contributed by atoms with Gasteiger partial charge in [0.2, 0.25) is 0 Å². The van der Waals surface area contributed by atoms with Crippen molar-refractivity contribution in [1.29, 1.82) is 0 Å². The molecule has 1 N–H and O–H groups in total. The highest BCUT2D eigenvalue weighted by Crippen LogP contribution is 2.12. The third-order valence-electron chi connectivity index (χ3n) is 2.94. The summed E-state index contributed by atoms with van der Waals surface area (Å²) in [4.78, 5) is 13.8. The predicted molar refractivity (Wildman–Crippen MR) is 59.7 cm³/mol. The molecule has 0 amide bonds.